The summed E-state index contributed by atoms with van der Waals surface area (Å²) in [5.41, 5.74) is -0.614. The van der Waals surface area contributed by atoms with Gasteiger partial charge in [0.1, 0.15) is 5.82 Å². The molecule has 1 heterocycles. The van der Waals surface area contributed by atoms with E-state index >= 15 is 0 Å². The fourth-order valence-corrected chi connectivity index (χ4v) is 2.71. The molecule has 7 heteroatoms. The molecule has 1 fully saturated rings. The molecular weight excluding hydrogens is 260 g/mol. The van der Waals surface area contributed by atoms with Gasteiger partial charge in [-0.05, 0) is 12.8 Å². The van der Waals surface area contributed by atoms with Crippen LogP contribution in [-0.4, -0.2) is 32.6 Å². The van der Waals surface area contributed by atoms with E-state index in [1.165, 1.54) is 0 Å². The lowest BCUT2D eigenvalue weighted by Crippen LogP contribution is -2.54. The van der Waals surface area contributed by atoms with Crippen LogP contribution < -0.4 is 10.6 Å². The number of hydrogen-bond acceptors (Lipinski definition) is 3. The Morgan fingerprint density at radius 3 is 2.70 bits per heavy atom. The average molecular weight is 280 g/mol. The van der Waals surface area contributed by atoms with Crippen LogP contribution in [0.15, 0.2) is 12.4 Å². The molecule has 0 atom stereocenters. The zero-order valence-corrected chi connectivity index (χ0v) is 11.3. The highest BCUT2D eigenvalue weighted by atomic mass is 16.4. The third kappa shape index (κ3) is 3.97. The first kappa shape index (κ1) is 14.4. The molecule has 0 bridgehead atoms. The number of imidazole rings is 1. The van der Waals surface area contributed by atoms with E-state index in [1.807, 2.05) is 0 Å². The van der Waals surface area contributed by atoms with Gasteiger partial charge in [0.2, 0.25) is 0 Å². The number of H-pyrrole nitrogens is 1. The van der Waals surface area contributed by atoms with Crippen LogP contribution in [0.25, 0.3) is 0 Å². The summed E-state index contributed by atoms with van der Waals surface area (Å²) in [5.74, 6) is -0.214. The summed E-state index contributed by atoms with van der Waals surface area (Å²) in [4.78, 5) is 29.8. The van der Waals surface area contributed by atoms with Crippen molar-refractivity contribution in [3.8, 4) is 0 Å². The van der Waals surface area contributed by atoms with Crippen LogP contribution >= 0.6 is 0 Å². The molecule has 2 amide bonds. The number of carboxylic acids is 1. The molecule has 20 heavy (non-hydrogen) atoms. The minimum Gasteiger partial charge on any atom is -0.481 e. The lowest BCUT2D eigenvalue weighted by Gasteiger charge is -2.36. The quantitative estimate of drug-likeness (QED) is 0.653. The summed E-state index contributed by atoms with van der Waals surface area (Å²) in [6.07, 6.45) is 7.70. The van der Waals surface area contributed by atoms with Crippen molar-refractivity contribution < 1.29 is 14.7 Å². The second kappa shape index (κ2) is 6.40. The molecule has 0 saturated heterocycles. The van der Waals surface area contributed by atoms with E-state index in [4.69, 9.17) is 5.11 Å². The molecule has 0 aliphatic heterocycles. The van der Waals surface area contributed by atoms with Crippen LogP contribution in [0.2, 0.25) is 0 Å². The van der Waals surface area contributed by atoms with Gasteiger partial charge in [-0.25, -0.2) is 9.78 Å². The van der Waals surface area contributed by atoms with Crippen LogP contribution in [0.1, 0.15) is 44.3 Å². The number of nitrogens with zero attached hydrogens (tertiary/aromatic N) is 1. The Kier molecular flexibility index (Phi) is 4.60. The summed E-state index contributed by atoms with van der Waals surface area (Å²) < 4.78 is 0. The number of hydrogen-bond donors (Lipinski definition) is 4. The molecule has 0 aromatic carbocycles. The first-order chi connectivity index (χ1) is 9.60. The zero-order valence-electron chi connectivity index (χ0n) is 11.3. The molecule has 1 aromatic rings. The van der Waals surface area contributed by atoms with Gasteiger partial charge in [0.05, 0.1) is 18.5 Å². The predicted molar refractivity (Wildman–Crippen MR) is 72.0 cm³/mol. The minimum atomic E-state index is -0.877. The molecule has 4 N–H and O–H groups in total. The maximum absolute atomic E-state index is 11.9. The molecule has 1 saturated carbocycles. The SMILES string of the molecule is O=C(O)CC1(NC(=O)NCc2ncc[nH]2)CCCCC1. The van der Waals surface area contributed by atoms with Gasteiger partial charge in [-0.2, -0.15) is 0 Å². The Morgan fingerprint density at radius 2 is 2.10 bits per heavy atom. The molecule has 1 aliphatic rings. The normalized spacial score (nSPS) is 17.4. The largest absolute Gasteiger partial charge is 0.481 e. The second-order valence-electron chi connectivity index (χ2n) is 5.26. The van der Waals surface area contributed by atoms with E-state index in [2.05, 4.69) is 20.6 Å². The van der Waals surface area contributed by atoms with Crippen molar-refractivity contribution in [3.05, 3.63) is 18.2 Å². The van der Waals surface area contributed by atoms with Crippen LogP contribution in [0.5, 0.6) is 0 Å². The van der Waals surface area contributed by atoms with E-state index in [1.54, 1.807) is 12.4 Å². The molecule has 110 valence electrons. The average Bonchev–Trinajstić information content (AvgIpc) is 2.89. The molecule has 7 nitrogen and oxygen atoms in total. The lowest BCUT2D eigenvalue weighted by atomic mass is 9.79. The molecule has 2 rings (SSSR count). The van der Waals surface area contributed by atoms with Crippen molar-refractivity contribution in [2.75, 3.05) is 0 Å². The molecular formula is C13H20N4O3. The topological polar surface area (TPSA) is 107 Å². The monoisotopic (exact) mass is 280 g/mol. The Labute approximate surface area is 117 Å². The van der Waals surface area contributed by atoms with Crippen molar-refractivity contribution in [1.82, 2.24) is 20.6 Å². The van der Waals surface area contributed by atoms with Crippen molar-refractivity contribution in [3.63, 3.8) is 0 Å². The summed E-state index contributed by atoms with van der Waals surface area (Å²) >= 11 is 0. The number of rotatable bonds is 5. The van der Waals surface area contributed by atoms with Gasteiger partial charge in [-0.1, -0.05) is 19.3 Å². The Balaban J connectivity index is 1.89. The number of urea groups is 1. The van der Waals surface area contributed by atoms with E-state index in [9.17, 15) is 9.59 Å². The fourth-order valence-electron chi connectivity index (χ4n) is 2.71. The van der Waals surface area contributed by atoms with Crippen molar-refractivity contribution in [1.29, 1.82) is 0 Å². The smallest absolute Gasteiger partial charge is 0.315 e. The number of aromatic nitrogens is 2. The van der Waals surface area contributed by atoms with Crippen LogP contribution in [0, 0.1) is 0 Å². The number of carbonyl (C=O) groups is 2. The number of carboxylic acid groups (broad SMARTS) is 1. The fraction of sp³-hybridized carbons (Fsp3) is 0.615. The third-order valence-corrected chi connectivity index (χ3v) is 3.65. The molecule has 0 radical (unpaired) electrons. The van der Waals surface area contributed by atoms with Gasteiger partial charge in [0.25, 0.3) is 0 Å². The van der Waals surface area contributed by atoms with Gasteiger partial charge in [0, 0.05) is 12.4 Å². The van der Waals surface area contributed by atoms with Gasteiger partial charge in [-0.15, -0.1) is 0 Å². The van der Waals surface area contributed by atoms with Crippen molar-refractivity contribution in [2.24, 2.45) is 0 Å². The highest BCUT2D eigenvalue weighted by molar-refractivity contribution is 5.76. The highest BCUT2D eigenvalue weighted by Gasteiger charge is 2.35. The van der Waals surface area contributed by atoms with Crippen LogP contribution in [0.4, 0.5) is 4.79 Å². The predicted octanol–water partition coefficient (Wildman–Crippen LogP) is 1.39. The Hall–Kier alpha value is -2.05. The number of amides is 2. The summed E-state index contributed by atoms with van der Waals surface area (Å²) in [7, 11) is 0. The first-order valence-electron chi connectivity index (χ1n) is 6.86. The number of aromatic amines is 1. The Morgan fingerprint density at radius 1 is 1.35 bits per heavy atom. The Bertz CT molecular complexity index is 452. The third-order valence-electron chi connectivity index (χ3n) is 3.65. The summed E-state index contributed by atoms with van der Waals surface area (Å²) in [5, 5.41) is 14.6. The van der Waals surface area contributed by atoms with Crippen LogP contribution in [-0.2, 0) is 11.3 Å². The van der Waals surface area contributed by atoms with E-state index < -0.39 is 11.5 Å². The maximum atomic E-state index is 11.9. The van der Waals surface area contributed by atoms with Gasteiger partial charge < -0.3 is 20.7 Å². The van der Waals surface area contributed by atoms with Gasteiger partial charge >= 0.3 is 12.0 Å². The number of nitrogens with one attached hydrogen (secondary N) is 3. The first-order valence-corrected chi connectivity index (χ1v) is 6.86. The van der Waals surface area contributed by atoms with Gasteiger partial charge in [0.15, 0.2) is 0 Å². The minimum absolute atomic E-state index is 0.0266. The molecule has 1 aromatic heterocycles. The van der Waals surface area contributed by atoms with E-state index in [0.29, 0.717) is 25.2 Å². The molecule has 0 spiro atoms. The standard InChI is InChI=1S/C13H20N4O3/c18-11(19)8-13(4-2-1-3-5-13)17-12(20)16-9-10-14-6-7-15-10/h6-7H,1-5,8-9H2,(H,14,15)(H,18,19)(H2,16,17,20). The molecule has 1 aliphatic carbocycles. The van der Waals surface area contributed by atoms with Gasteiger partial charge in [-0.3, -0.25) is 4.79 Å². The van der Waals surface area contributed by atoms with Crippen molar-refractivity contribution in [2.45, 2.75) is 50.6 Å². The maximum Gasteiger partial charge on any atom is 0.315 e. The number of carbonyl (C=O) groups excluding carboxylic acids is 1. The lowest BCUT2D eigenvalue weighted by molar-refractivity contribution is -0.139. The van der Waals surface area contributed by atoms with E-state index in [-0.39, 0.29) is 12.5 Å². The highest BCUT2D eigenvalue weighted by Crippen LogP contribution is 2.31. The summed E-state index contributed by atoms with van der Waals surface area (Å²) in [6, 6.07) is -0.343. The van der Waals surface area contributed by atoms with E-state index in [0.717, 1.165) is 19.3 Å². The summed E-state index contributed by atoms with van der Waals surface area (Å²) in [6.45, 7) is 0.294. The number of aliphatic carboxylic acids is 1. The molecule has 0 unspecified atom stereocenters. The van der Waals surface area contributed by atoms with Crippen LogP contribution in [0.3, 0.4) is 0 Å². The zero-order chi connectivity index (χ0) is 14.4. The van der Waals surface area contributed by atoms with Crippen molar-refractivity contribution >= 4 is 12.0 Å². The second-order valence-corrected chi connectivity index (χ2v) is 5.26.